The Kier molecular flexibility index (Phi) is 13.6. The number of hydrogen-bond donors (Lipinski definition) is 1. The molecule has 154 valence electrons. The van der Waals surface area contributed by atoms with Crippen molar-refractivity contribution in [2.24, 2.45) is 0 Å². The zero-order valence-corrected chi connectivity index (χ0v) is 19.8. The Morgan fingerprint density at radius 3 is 1.92 bits per heavy atom. The standard InChI is InChI=1S/C23H46O2Si/c1-8-18-22(25-26(6,7)23(3,4)5)20-17-15-13-11-9-10-12-14-16-19-21(2)24/h21-22,24H,8,10,12-20H2,1-7H3/t21-,22-/m1/s1. The highest BCUT2D eigenvalue weighted by Crippen LogP contribution is 2.38. The molecule has 1 N–H and O–H groups in total. The van der Waals surface area contributed by atoms with Crippen molar-refractivity contribution in [3.05, 3.63) is 0 Å². The average molecular weight is 383 g/mol. The lowest BCUT2D eigenvalue weighted by Crippen LogP contribution is -2.43. The molecule has 0 aromatic carbocycles. The number of hydrogen-bond acceptors (Lipinski definition) is 2. The van der Waals surface area contributed by atoms with Crippen molar-refractivity contribution in [3.8, 4) is 11.8 Å². The largest absolute Gasteiger partial charge is 0.414 e. The van der Waals surface area contributed by atoms with E-state index in [0.717, 1.165) is 25.7 Å². The highest BCUT2D eigenvalue weighted by Gasteiger charge is 2.38. The van der Waals surface area contributed by atoms with Gasteiger partial charge in [-0.25, -0.2) is 0 Å². The maximum atomic E-state index is 9.22. The maximum absolute atomic E-state index is 9.22. The van der Waals surface area contributed by atoms with Gasteiger partial charge in [0.2, 0.25) is 0 Å². The average Bonchev–Trinajstić information content (AvgIpc) is 2.51. The van der Waals surface area contributed by atoms with E-state index in [9.17, 15) is 5.11 Å². The topological polar surface area (TPSA) is 29.5 Å². The Labute approximate surface area is 165 Å². The van der Waals surface area contributed by atoms with Crippen molar-refractivity contribution in [2.45, 2.75) is 136 Å². The van der Waals surface area contributed by atoms with Crippen molar-refractivity contribution >= 4 is 8.32 Å². The van der Waals surface area contributed by atoms with E-state index in [4.69, 9.17) is 4.43 Å². The molecule has 0 aliphatic rings. The monoisotopic (exact) mass is 382 g/mol. The molecule has 0 aliphatic carbocycles. The predicted octanol–water partition coefficient (Wildman–Crippen LogP) is 7.07. The summed E-state index contributed by atoms with van der Waals surface area (Å²) in [5.74, 6) is 6.64. The van der Waals surface area contributed by atoms with E-state index in [-0.39, 0.29) is 6.10 Å². The molecule has 0 bridgehead atoms. The van der Waals surface area contributed by atoms with Crippen LogP contribution in [0.15, 0.2) is 0 Å². The summed E-state index contributed by atoms with van der Waals surface area (Å²) >= 11 is 0. The third kappa shape index (κ3) is 13.0. The summed E-state index contributed by atoms with van der Waals surface area (Å²) < 4.78 is 6.63. The SMILES string of the molecule is CCC[C@H](CCCCC#CCCCCC[C@@H](C)O)O[Si](C)(C)C(C)(C)C. The number of aliphatic hydroxyl groups is 1. The van der Waals surface area contributed by atoms with Crippen molar-refractivity contribution < 1.29 is 9.53 Å². The number of unbranched alkanes of at least 4 members (excludes halogenated alkanes) is 5. The molecule has 2 atom stereocenters. The van der Waals surface area contributed by atoms with Crippen LogP contribution in [0.4, 0.5) is 0 Å². The maximum Gasteiger partial charge on any atom is 0.192 e. The second kappa shape index (κ2) is 13.8. The van der Waals surface area contributed by atoms with Crippen LogP contribution in [-0.4, -0.2) is 25.6 Å². The first-order valence-electron chi connectivity index (χ1n) is 10.9. The van der Waals surface area contributed by atoms with Crippen molar-refractivity contribution in [3.63, 3.8) is 0 Å². The summed E-state index contributed by atoms with van der Waals surface area (Å²) in [6.45, 7) is 15.8. The third-order valence-electron chi connectivity index (χ3n) is 5.50. The van der Waals surface area contributed by atoms with E-state index in [0.29, 0.717) is 11.1 Å². The second-order valence-corrected chi connectivity index (χ2v) is 14.1. The van der Waals surface area contributed by atoms with E-state index in [1.165, 1.54) is 44.9 Å². The van der Waals surface area contributed by atoms with Gasteiger partial charge in [-0.3, -0.25) is 0 Å². The van der Waals surface area contributed by atoms with Gasteiger partial charge in [0.05, 0.1) is 6.10 Å². The lowest BCUT2D eigenvalue weighted by Gasteiger charge is -2.39. The summed E-state index contributed by atoms with van der Waals surface area (Å²) in [5, 5.41) is 9.51. The highest BCUT2D eigenvalue weighted by molar-refractivity contribution is 6.74. The van der Waals surface area contributed by atoms with Crippen LogP contribution in [0, 0.1) is 11.8 Å². The normalized spacial score (nSPS) is 14.6. The molecular formula is C23H46O2Si. The molecule has 0 aromatic rings. The molecule has 0 fully saturated rings. The fourth-order valence-corrected chi connectivity index (χ4v) is 4.19. The predicted molar refractivity (Wildman–Crippen MR) is 118 cm³/mol. The number of aliphatic hydroxyl groups excluding tert-OH is 1. The molecule has 0 aromatic heterocycles. The smallest absolute Gasteiger partial charge is 0.192 e. The van der Waals surface area contributed by atoms with Crippen LogP contribution in [0.5, 0.6) is 0 Å². The molecule has 3 heteroatoms. The van der Waals surface area contributed by atoms with Crippen molar-refractivity contribution in [1.29, 1.82) is 0 Å². The lowest BCUT2D eigenvalue weighted by molar-refractivity contribution is 0.157. The fourth-order valence-electron chi connectivity index (χ4n) is 2.77. The minimum Gasteiger partial charge on any atom is -0.414 e. The van der Waals surface area contributed by atoms with Gasteiger partial charge >= 0.3 is 0 Å². The van der Waals surface area contributed by atoms with Crippen LogP contribution in [-0.2, 0) is 4.43 Å². The van der Waals surface area contributed by atoms with Gasteiger partial charge in [-0.2, -0.15) is 0 Å². The van der Waals surface area contributed by atoms with E-state index in [1.54, 1.807) is 0 Å². The summed E-state index contributed by atoms with van der Waals surface area (Å²) in [6.07, 6.45) is 12.7. The van der Waals surface area contributed by atoms with Crippen LogP contribution in [0.25, 0.3) is 0 Å². The molecule has 0 aliphatic heterocycles. The summed E-state index contributed by atoms with van der Waals surface area (Å²) in [6, 6.07) is 0. The minimum absolute atomic E-state index is 0.154. The Balaban J connectivity index is 3.93. The quantitative estimate of drug-likeness (QED) is 0.210. The molecule has 0 rings (SSSR count). The van der Waals surface area contributed by atoms with Crippen LogP contribution in [0.3, 0.4) is 0 Å². The van der Waals surface area contributed by atoms with Gasteiger partial charge in [-0.15, -0.1) is 11.8 Å². The van der Waals surface area contributed by atoms with Crippen LogP contribution < -0.4 is 0 Å². The van der Waals surface area contributed by atoms with E-state index in [1.807, 2.05) is 6.92 Å². The molecule has 0 amide bonds. The molecule has 2 nitrogen and oxygen atoms in total. The lowest BCUT2D eigenvalue weighted by atomic mass is 10.1. The molecular weight excluding hydrogens is 336 g/mol. The molecule has 26 heavy (non-hydrogen) atoms. The zero-order chi connectivity index (χ0) is 20.1. The Bertz CT molecular complexity index is 399. The first kappa shape index (κ1) is 25.7. The van der Waals surface area contributed by atoms with Gasteiger partial charge in [0, 0.05) is 18.9 Å². The van der Waals surface area contributed by atoms with Crippen LogP contribution >= 0.6 is 0 Å². The van der Waals surface area contributed by atoms with Gasteiger partial charge in [0.25, 0.3) is 0 Å². The number of rotatable bonds is 13. The molecule has 0 saturated carbocycles. The van der Waals surface area contributed by atoms with Crippen LogP contribution in [0.1, 0.15) is 105 Å². The third-order valence-corrected chi connectivity index (χ3v) is 10.0. The summed E-state index contributed by atoms with van der Waals surface area (Å²) in [5.41, 5.74) is 0. The first-order valence-corrected chi connectivity index (χ1v) is 13.8. The van der Waals surface area contributed by atoms with Crippen LogP contribution in [0.2, 0.25) is 18.1 Å². The van der Waals surface area contributed by atoms with Gasteiger partial charge < -0.3 is 9.53 Å². The minimum atomic E-state index is -1.65. The Hall–Kier alpha value is -0.303. The van der Waals surface area contributed by atoms with E-state index >= 15 is 0 Å². The van der Waals surface area contributed by atoms with Gasteiger partial charge in [-0.1, -0.05) is 47.0 Å². The second-order valence-electron chi connectivity index (χ2n) is 9.34. The van der Waals surface area contributed by atoms with E-state index in [2.05, 4.69) is 52.6 Å². The van der Waals surface area contributed by atoms with E-state index < -0.39 is 8.32 Å². The fraction of sp³-hybridized carbons (Fsp3) is 0.913. The summed E-state index contributed by atoms with van der Waals surface area (Å²) in [7, 11) is -1.65. The molecule has 0 radical (unpaired) electrons. The van der Waals surface area contributed by atoms with Gasteiger partial charge in [-0.05, 0) is 63.6 Å². The molecule has 0 saturated heterocycles. The van der Waals surface area contributed by atoms with Gasteiger partial charge in [0.15, 0.2) is 8.32 Å². The van der Waals surface area contributed by atoms with Gasteiger partial charge in [0.1, 0.15) is 0 Å². The molecule has 0 heterocycles. The summed E-state index contributed by atoms with van der Waals surface area (Å²) in [4.78, 5) is 0. The zero-order valence-electron chi connectivity index (χ0n) is 18.8. The molecule has 0 spiro atoms. The molecule has 0 unspecified atom stereocenters. The van der Waals surface area contributed by atoms with Crippen molar-refractivity contribution in [1.82, 2.24) is 0 Å². The first-order chi connectivity index (χ1) is 12.1. The Morgan fingerprint density at radius 2 is 1.42 bits per heavy atom. The Morgan fingerprint density at radius 1 is 0.885 bits per heavy atom. The highest BCUT2D eigenvalue weighted by atomic mass is 28.4. The van der Waals surface area contributed by atoms with Crippen molar-refractivity contribution in [2.75, 3.05) is 0 Å².